The molecule has 25 heavy (non-hydrogen) atoms. The fourth-order valence-corrected chi connectivity index (χ4v) is 2.06. The van der Waals surface area contributed by atoms with Gasteiger partial charge in [0.2, 0.25) is 0 Å². The SMILES string of the molecule is O=Cc1cc(OCc2c(F)cccc2C(F)(F)F)cc(C(F)(F)F)c1. The zero-order chi connectivity index (χ0) is 18.8. The third kappa shape index (κ3) is 4.49. The lowest BCUT2D eigenvalue weighted by Gasteiger charge is -2.15. The van der Waals surface area contributed by atoms with Crippen molar-refractivity contribution in [1.29, 1.82) is 0 Å². The molecule has 0 fully saturated rings. The van der Waals surface area contributed by atoms with Gasteiger partial charge in [0, 0.05) is 11.1 Å². The predicted molar refractivity (Wildman–Crippen MR) is 72.6 cm³/mol. The predicted octanol–water partition coefficient (Wildman–Crippen LogP) is 5.25. The first-order valence-electron chi connectivity index (χ1n) is 6.67. The van der Waals surface area contributed by atoms with Crippen LogP contribution >= 0.6 is 0 Å². The van der Waals surface area contributed by atoms with Crippen LogP contribution in [0, 0.1) is 5.82 Å². The van der Waals surface area contributed by atoms with Crippen molar-refractivity contribution in [3.05, 3.63) is 64.5 Å². The van der Waals surface area contributed by atoms with Crippen molar-refractivity contribution in [2.24, 2.45) is 0 Å². The lowest BCUT2D eigenvalue weighted by molar-refractivity contribution is -0.139. The van der Waals surface area contributed by atoms with Crippen LogP contribution in [0.5, 0.6) is 5.75 Å². The minimum absolute atomic E-state index is 0.131. The lowest BCUT2D eigenvalue weighted by atomic mass is 10.1. The summed E-state index contributed by atoms with van der Waals surface area (Å²) < 4.78 is 95.5. The highest BCUT2D eigenvalue weighted by atomic mass is 19.4. The van der Waals surface area contributed by atoms with Gasteiger partial charge in [-0.2, -0.15) is 26.3 Å². The number of alkyl halides is 6. The van der Waals surface area contributed by atoms with Gasteiger partial charge in [0.25, 0.3) is 0 Å². The summed E-state index contributed by atoms with van der Waals surface area (Å²) in [7, 11) is 0. The Labute approximate surface area is 136 Å². The third-order valence-corrected chi connectivity index (χ3v) is 3.20. The van der Waals surface area contributed by atoms with E-state index in [9.17, 15) is 35.5 Å². The number of carbonyl (C=O) groups excluding carboxylic acids is 1. The number of hydrogen-bond acceptors (Lipinski definition) is 2. The molecule has 0 N–H and O–H groups in total. The average Bonchev–Trinajstić information content (AvgIpc) is 2.51. The van der Waals surface area contributed by atoms with Gasteiger partial charge in [0.1, 0.15) is 24.5 Å². The van der Waals surface area contributed by atoms with Crippen LogP contribution in [0.2, 0.25) is 0 Å². The Balaban J connectivity index is 2.36. The summed E-state index contributed by atoms with van der Waals surface area (Å²) in [6.45, 7) is -0.957. The minimum atomic E-state index is -4.86. The highest BCUT2D eigenvalue weighted by molar-refractivity contribution is 5.76. The first-order valence-corrected chi connectivity index (χ1v) is 6.67. The molecular weight excluding hydrogens is 357 g/mol. The summed E-state index contributed by atoms with van der Waals surface area (Å²) in [5.41, 5.74) is -3.73. The molecule has 0 unspecified atom stereocenters. The molecule has 0 heterocycles. The Hall–Kier alpha value is -2.58. The Morgan fingerprint density at radius 3 is 2.20 bits per heavy atom. The molecule has 0 amide bonds. The van der Waals surface area contributed by atoms with Gasteiger partial charge < -0.3 is 4.74 Å². The van der Waals surface area contributed by atoms with Crippen LogP contribution in [-0.2, 0) is 19.0 Å². The van der Waals surface area contributed by atoms with Gasteiger partial charge in [-0.25, -0.2) is 4.39 Å². The Morgan fingerprint density at radius 2 is 1.64 bits per heavy atom. The summed E-state index contributed by atoms with van der Waals surface area (Å²) in [4.78, 5) is 10.7. The topological polar surface area (TPSA) is 26.3 Å². The Morgan fingerprint density at radius 1 is 0.960 bits per heavy atom. The van der Waals surface area contributed by atoms with Crippen molar-refractivity contribution in [3.8, 4) is 5.75 Å². The molecule has 2 rings (SSSR count). The van der Waals surface area contributed by atoms with Gasteiger partial charge in [-0.1, -0.05) is 6.07 Å². The van der Waals surface area contributed by atoms with Crippen LogP contribution in [0.3, 0.4) is 0 Å². The summed E-state index contributed by atoms with van der Waals surface area (Å²) in [5, 5.41) is 0. The van der Waals surface area contributed by atoms with E-state index in [1.165, 1.54) is 0 Å². The van der Waals surface area contributed by atoms with Gasteiger partial charge in [-0.3, -0.25) is 4.79 Å². The highest BCUT2D eigenvalue weighted by Crippen LogP contribution is 2.35. The highest BCUT2D eigenvalue weighted by Gasteiger charge is 2.35. The average molecular weight is 366 g/mol. The second-order valence-corrected chi connectivity index (χ2v) is 4.96. The number of benzene rings is 2. The zero-order valence-corrected chi connectivity index (χ0v) is 12.2. The molecule has 0 saturated heterocycles. The van der Waals surface area contributed by atoms with E-state index in [2.05, 4.69) is 0 Å². The van der Waals surface area contributed by atoms with Gasteiger partial charge in [0.05, 0.1) is 11.1 Å². The van der Waals surface area contributed by atoms with Crippen LogP contribution in [0.25, 0.3) is 0 Å². The molecule has 2 aromatic carbocycles. The summed E-state index contributed by atoms with van der Waals surface area (Å²) in [6.07, 6.45) is -9.51. The number of ether oxygens (including phenoxy) is 1. The number of hydrogen-bond donors (Lipinski definition) is 0. The molecule has 0 spiro atoms. The molecule has 134 valence electrons. The van der Waals surface area contributed by atoms with Crippen LogP contribution < -0.4 is 4.74 Å². The lowest BCUT2D eigenvalue weighted by Crippen LogP contribution is -2.13. The maximum atomic E-state index is 13.7. The molecule has 0 aliphatic heterocycles. The maximum absolute atomic E-state index is 13.7. The largest absolute Gasteiger partial charge is 0.489 e. The van der Waals surface area contributed by atoms with Crippen molar-refractivity contribution in [1.82, 2.24) is 0 Å². The summed E-state index contributed by atoms with van der Waals surface area (Å²) in [6, 6.07) is 4.25. The van der Waals surface area contributed by atoms with Gasteiger partial charge in [0.15, 0.2) is 0 Å². The normalized spacial score (nSPS) is 12.1. The van der Waals surface area contributed by atoms with E-state index in [0.29, 0.717) is 18.2 Å². The second kappa shape index (κ2) is 6.73. The maximum Gasteiger partial charge on any atom is 0.416 e. The van der Waals surface area contributed by atoms with Crippen LogP contribution in [0.1, 0.15) is 27.0 Å². The van der Waals surface area contributed by atoms with E-state index in [1.807, 2.05) is 0 Å². The molecule has 0 aliphatic carbocycles. The van der Waals surface area contributed by atoms with E-state index in [4.69, 9.17) is 4.74 Å². The summed E-state index contributed by atoms with van der Waals surface area (Å²) >= 11 is 0. The van der Waals surface area contributed by atoms with Crippen molar-refractivity contribution in [3.63, 3.8) is 0 Å². The van der Waals surface area contributed by atoms with Crippen LogP contribution in [-0.4, -0.2) is 6.29 Å². The fraction of sp³-hybridized carbons (Fsp3) is 0.188. The van der Waals surface area contributed by atoms with Gasteiger partial charge in [-0.05, 0) is 30.3 Å². The van der Waals surface area contributed by atoms with Crippen LogP contribution in [0.15, 0.2) is 36.4 Å². The first kappa shape index (κ1) is 18.8. The molecule has 0 atom stereocenters. The summed E-state index contributed by atoms with van der Waals surface area (Å²) in [5.74, 6) is -1.72. The van der Waals surface area contributed by atoms with Crippen molar-refractivity contribution in [2.75, 3.05) is 0 Å². The molecule has 0 aromatic heterocycles. The molecular formula is C16H9F7O2. The first-order chi connectivity index (χ1) is 11.5. The molecule has 2 aromatic rings. The number of carbonyl (C=O) groups is 1. The van der Waals surface area contributed by atoms with Gasteiger partial charge in [-0.15, -0.1) is 0 Å². The van der Waals surface area contributed by atoms with E-state index in [-0.39, 0.29) is 11.8 Å². The van der Waals surface area contributed by atoms with Crippen LogP contribution in [0.4, 0.5) is 30.7 Å². The van der Waals surface area contributed by atoms with E-state index < -0.39 is 47.2 Å². The molecule has 0 saturated carbocycles. The number of rotatable bonds is 4. The van der Waals surface area contributed by atoms with E-state index >= 15 is 0 Å². The standard InChI is InChI=1S/C16H9F7O2/c17-14-3-1-2-13(16(21,22)23)12(14)8-25-11-5-9(7-24)4-10(6-11)15(18,19)20/h1-7H,8H2. The number of halogens is 7. The molecule has 9 heteroatoms. The number of aldehydes is 1. The third-order valence-electron chi connectivity index (χ3n) is 3.20. The molecule has 0 aliphatic rings. The van der Waals surface area contributed by atoms with Gasteiger partial charge >= 0.3 is 12.4 Å². The smallest absolute Gasteiger partial charge is 0.416 e. The monoisotopic (exact) mass is 366 g/mol. The fourth-order valence-electron chi connectivity index (χ4n) is 2.06. The molecule has 0 radical (unpaired) electrons. The molecule has 2 nitrogen and oxygen atoms in total. The van der Waals surface area contributed by atoms with Crippen molar-refractivity contribution in [2.45, 2.75) is 19.0 Å². The Kier molecular flexibility index (Phi) is 5.05. The molecule has 0 bridgehead atoms. The van der Waals surface area contributed by atoms with E-state index in [0.717, 1.165) is 18.2 Å². The second-order valence-electron chi connectivity index (χ2n) is 4.96. The van der Waals surface area contributed by atoms with Crippen molar-refractivity contribution < 1.29 is 40.3 Å². The Bertz CT molecular complexity index is 779. The zero-order valence-electron chi connectivity index (χ0n) is 12.2. The van der Waals surface area contributed by atoms with Crippen molar-refractivity contribution >= 4 is 6.29 Å². The quantitative estimate of drug-likeness (QED) is 0.545. The minimum Gasteiger partial charge on any atom is -0.489 e. The van der Waals surface area contributed by atoms with E-state index in [1.54, 1.807) is 0 Å².